The van der Waals surface area contributed by atoms with Gasteiger partial charge in [0.15, 0.2) is 0 Å². The zero-order chi connectivity index (χ0) is 8.27. The van der Waals surface area contributed by atoms with Crippen molar-refractivity contribution in [3.63, 3.8) is 0 Å². The fourth-order valence-electron chi connectivity index (χ4n) is 0.926. The molecule has 0 amide bonds. The van der Waals surface area contributed by atoms with Gasteiger partial charge in [-0.25, -0.2) is 0 Å². The Balaban J connectivity index is 2.43. The lowest BCUT2D eigenvalue weighted by molar-refractivity contribution is 0.430. The quantitative estimate of drug-likeness (QED) is 0.471. The predicted molar refractivity (Wildman–Crippen MR) is 50.8 cm³/mol. The summed E-state index contributed by atoms with van der Waals surface area (Å²) in [7, 11) is 0. The van der Waals surface area contributed by atoms with E-state index >= 15 is 0 Å². The van der Waals surface area contributed by atoms with Crippen LogP contribution in [0.3, 0.4) is 0 Å². The normalized spacial score (nSPS) is 32.5. The second-order valence-corrected chi connectivity index (χ2v) is 3.56. The SMILES string of the molecule is C/C=C\C(Cl)=N[C@@H]1CCC1Cl. The summed E-state index contributed by atoms with van der Waals surface area (Å²) in [5, 5.41) is 0.761. The second-order valence-electron chi connectivity index (χ2n) is 2.61. The number of aliphatic imine (C=N–C) groups is 1. The summed E-state index contributed by atoms with van der Waals surface area (Å²) in [5.74, 6) is 0. The minimum Gasteiger partial charge on any atom is -0.268 e. The van der Waals surface area contributed by atoms with Gasteiger partial charge in [-0.1, -0.05) is 17.7 Å². The van der Waals surface area contributed by atoms with Crippen molar-refractivity contribution in [2.24, 2.45) is 4.99 Å². The van der Waals surface area contributed by atoms with Crippen molar-refractivity contribution in [1.82, 2.24) is 0 Å². The zero-order valence-electron chi connectivity index (χ0n) is 6.43. The Morgan fingerprint density at radius 3 is 2.64 bits per heavy atom. The van der Waals surface area contributed by atoms with Crippen LogP contribution in [0, 0.1) is 0 Å². The van der Waals surface area contributed by atoms with Gasteiger partial charge in [-0.05, 0) is 25.8 Å². The van der Waals surface area contributed by atoms with E-state index in [9.17, 15) is 0 Å². The molecular formula is C8H11Cl2N. The van der Waals surface area contributed by atoms with Gasteiger partial charge >= 0.3 is 0 Å². The van der Waals surface area contributed by atoms with E-state index in [0.29, 0.717) is 5.17 Å². The van der Waals surface area contributed by atoms with Gasteiger partial charge in [0, 0.05) is 0 Å². The maximum Gasteiger partial charge on any atom is 0.123 e. The third-order valence-corrected chi connectivity index (χ3v) is 2.48. The van der Waals surface area contributed by atoms with E-state index in [2.05, 4.69) is 4.99 Å². The third kappa shape index (κ3) is 2.49. The van der Waals surface area contributed by atoms with Crippen LogP contribution in [0.5, 0.6) is 0 Å². The molecule has 0 aromatic carbocycles. The molecule has 62 valence electrons. The fourth-order valence-corrected chi connectivity index (χ4v) is 1.49. The molecular weight excluding hydrogens is 181 g/mol. The summed E-state index contributed by atoms with van der Waals surface area (Å²) in [6.45, 7) is 1.91. The summed E-state index contributed by atoms with van der Waals surface area (Å²) in [4.78, 5) is 4.22. The number of rotatable bonds is 2. The number of alkyl halides is 1. The average molecular weight is 192 g/mol. The Labute approximate surface area is 77.1 Å². The monoisotopic (exact) mass is 191 g/mol. The van der Waals surface area contributed by atoms with E-state index in [1.54, 1.807) is 6.08 Å². The highest BCUT2D eigenvalue weighted by atomic mass is 35.5. The van der Waals surface area contributed by atoms with Gasteiger partial charge in [-0.3, -0.25) is 4.99 Å². The lowest BCUT2D eigenvalue weighted by Crippen LogP contribution is -2.30. The molecule has 0 heterocycles. The van der Waals surface area contributed by atoms with Crippen molar-refractivity contribution in [3.8, 4) is 0 Å². The predicted octanol–water partition coefficient (Wildman–Crippen LogP) is 2.97. The third-order valence-electron chi connectivity index (χ3n) is 1.75. The molecule has 0 radical (unpaired) electrons. The molecule has 1 aliphatic rings. The first-order chi connectivity index (χ1) is 5.24. The molecule has 0 saturated heterocycles. The van der Waals surface area contributed by atoms with Crippen LogP contribution in [0.25, 0.3) is 0 Å². The highest BCUT2D eigenvalue weighted by Crippen LogP contribution is 2.28. The molecule has 1 aliphatic carbocycles. The van der Waals surface area contributed by atoms with Crippen molar-refractivity contribution >= 4 is 28.4 Å². The first-order valence-electron chi connectivity index (χ1n) is 3.74. The fraction of sp³-hybridized carbons (Fsp3) is 0.625. The topological polar surface area (TPSA) is 12.4 Å². The Bertz CT molecular complexity index is 187. The molecule has 11 heavy (non-hydrogen) atoms. The molecule has 0 bridgehead atoms. The number of nitrogens with zero attached hydrogens (tertiary/aromatic N) is 1. The van der Waals surface area contributed by atoms with Crippen LogP contribution in [0.4, 0.5) is 0 Å². The minimum absolute atomic E-state index is 0.203. The minimum atomic E-state index is 0.203. The molecule has 0 spiro atoms. The number of allylic oxidation sites excluding steroid dienone is 2. The summed E-state index contributed by atoms with van der Waals surface area (Å²) >= 11 is 11.6. The second kappa shape index (κ2) is 4.13. The molecule has 1 fully saturated rings. The van der Waals surface area contributed by atoms with E-state index < -0.39 is 0 Å². The Kier molecular flexibility index (Phi) is 3.41. The largest absolute Gasteiger partial charge is 0.268 e. The molecule has 0 N–H and O–H groups in total. The molecule has 0 aromatic heterocycles. The van der Waals surface area contributed by atoms with E-state index in [0.717, 1.165) is 12.8 Å². The van der Waals surface area contributed by atoms with Gasteiger partial charge in [0.2, 0.25) is 0 Å². The summed E-state index contributed by atoms with van der Waals surface area (Å²) < 4.78 is 0. The van der Waals surface area contributed by atoms with Crippen LogP contribution in [-0.4, -0.2) is 16.6 Å². The van der Waals surface area contributed by atoms with Gasteiger partial charge < -0.3 is 0 Å². The summed E-state index contributed by atoms with van der Waals surface area (Å²) in [6, 6.07) is 0.250. The summed E-state index contributed by atoms with van der Waals surface area (Å²) in [6.07, 6.45) is 5.79. The Hall–Kier alpha value is -0.0100. The van der Waals surface area contributed by atoms with Crippen molar-refractivity contribution in [1.29, 1.82) is 0 Å². The molecule has 0 aliphatic heterocycles. The molecule has 0 aromatic rings. The number of halogens is 2. The zero-order valence-corrected chi connectivity index (χ0v) is 7.94. The van der Waals surface area contributed by atoms with Gasteiger partial charge in [0.1, 0.15) is 5.17 Å². The number of hydrogen-bond acceptors (Lipinski definition) is 1. The average Bonchev–Trinajstić information content (AvgIpc) is 1.98. The first-order valence-corrected chi connectivity index (χ1v) is 4.55. The van der Waals surface area contributed by atoms with Crippen LogP contribution < -0.4 is 0 Å². The smallest absolute Gasteiger partial charge is 0.123 e. The number of hydrogen-bond donors (Lipinski definition) is 0. The molecule has 1 unspecified atom stereocenters. The lowest BCUT2D eigenvalue weighted by atomic mass is 9.93. The van der Waals surface area contributed by atoms with Gasteiger partial charge in [-0.2, -0.15) is 0 Å². The standard InChI is InChI=1S/C8H11Cl2N/c1-2-3-8(10)11-7-5-4-6(7)9/h2-3,6-7H,4-5H2,1H3/b3-2-,11-8?/t6?,7-/m1/s1. The van der Waals surface area contributed by atoms with Gasteiger partial charge in [0.25, 0.3) is 0 Å². The van der Waals surface area contributed by atoms with Gasteiger partial charge in [-0.15, -0.1) is 11.6 Å². The highest BCUT2D eigenvalue weighted by Gasteiger charge is 2.28. The Morgan fingerprint density at radius 1 is 1.55 bits per heavy atom. The highest BCUT2D eigenvalue weighted by molar-refractivity contribution is 6.68. The van der Waals surface area contributed by atoms with E-state index in [-0.39, 0.29) is 11.4 Å². The summed E-state index contributed by atoms with van der Waals surface area (Å²) in [5.41, 5.74) is 0. The van der Waals surface area contributed by atoms with E-state index in [1.807, 2.05) is 13.0 Å². The molecule has 1 saturated carbocycles. The van der Waals surface area contributed by atoms with E-state index in [1.165, 1.54) is 0 Å². The molecule has 1 nitrogen and oxygen atoms in total. The molecule has 2 atom stereocenters. The van der Waals surface area contributed by atoms with Crippen LogP contribution >= 0.6 is 23.2 Å². The van der Waals surface area contributed by atoms with Crippen molar-refractivity contribution in [2.45, 2.75) is 31.2 Å². The maximum atomic E-state index is 5.87. The van der Waals surface area contributed by atoms with Crippen molar-refractivity contribution in [3.05, 3.63) is 12.2 Å². The van der Waals surface area contributed by atoms with Gasteiger partial charge in [0.05, 0.1) is 11.4 Å². The van der Waals surface area contributed by atoms with Crippen LogP contribution in [-0.2, 0) is 0 Å². The maximum absolute atomic E-state index is 5.87. The van der Waals surface area contributed by atoms with Crippen LogP contribution in [0.1, 0.15) is 19.8 Å². The van der Waals surface area contributed by atoms with Crippen LogP contribution in [0.2, 0.25) is 0 Å². The molecule has 3 heteroatoms. The molecule has 1 rings (SSSR count). The van der Waals surface area contributed by atoms with E-state index in [4.69, 9.17) is 23.2 Å². The van der Waals surface area contributed by atoms with Crippen LogP contribution in [0.15, 0.2) is 17.1 Å². The lowest BCUT2D eigenvalue weighted by Gasteiger charge is -2.27. The Morgan fingerprint density at radius 2 is 2.27 bits per heavy atom. The van der Waals surface area contributed by atoms with Crippen molar-refractivity contribution in [2.75, 3.05) is 0 Å². The van der Waals surface area contributed by atoms with Crippen molar-refractivity contribution < 1.29 is 0 Å². The first kappa shape index (κ1) is 9.08.